The average Bonchev–Trinajstić information content (AvgIpc) is 2.27. The van der Waals surface area contributed by atoms with Gasteiger partial charge in [-0.05, 0) is 26.3 Å². The Morgan fingerprint density at radius 1 is 1.33 bits per heavy atom. The van der Waals surface area contributed by atoms with Crippen LogP contribution >= 0.6 is 0 Å². The smallest absolute Gasteiger partial charge is 0.431 e. The van der Waals surface area contributed by atoms with Gasteiger partial charge in [-0.3, -0.25) is 4.84 Å². The normalized spacial score (nSPS) is 12.9. The minimum Gasteiger partial charge on any atom is -0.442 e. The zero-order valence-corrected chi connectivity index (χ0v) is 10.8. The summed E-state index contributed by atoms with van der Waals surface area (Å²) in [5.74, 6) is 0. The SMILES string of the molecule is CC(C)(C)OC(=O)NOCC(O)c1ccccc1. The van der Waals surface area contributed by atoms with E-state index in [-0.39, 0.29) is 6.61 Å². The second-order valence-electron chi connectivity index (χ2n) is 4.84. The van der Waals surface area contributed by atoms with Crippen LogP contribution in [0.4, 0.5) is 4.79 Å². The van der Waals surface area contributed by atoms with E-state index in [2.05, 4.69) is 5.48 Å². The van der Waals surface area contributed by atoms with E-state index in [1.54, 1.807) is 32.9 Å². The van der Waals surface area contributed by atoms with Gasteiger partial charge in [-0.2, -0.15) is 5.48 Å². The van der Waals surface area contributed by atoms with E-state index in [9.17, 15) is 9.90 Å². The quantitative estimate of drug-likeness (QED) is 0.807. The van der Waals surface area contributed by atoms with E-state index in [0.29, 0.717) is 0 Å². The van der Waals surface area contributed by atoms with Gasteiger partial charge in [-0.15, -0.1) is 0 Å². The summed E-state index contributed by atoms with van der Waals surface area (Å²) in [7, 11) is 0. The summed E-state index contributed by atoms with van der Waals surface area (Å²) in [5, 5.41) is 9.75. The monoisotopic (exact) mass is 253 g/mol. The molecule has 18 heavy (non-hydrogen) atoms. The number of benzene rings is 1. The van der Waals surface area contributed by atoms with Gasteiger partial charge >= 0.3 is 6.09 Å². The minimum absolute atomic E-state index is 0.0384. The van der Waals surface area contributed by atoms with Gasteiger partial charge in [0, 0.05) is 0 Å². The Morgan fingerprint density at radius 3 is 2.50 bits per heavy atom. The number of aliphatic hydroxyl groups excluding tert-OH is 1. The highest BCUT2D eigenvalue weighted by molar-refractivity contribution is 5.66. The summed E-state index contributed by atoms with van der Waals surface area (Å²) in [5.41, 5.74) is 2.27. The number of ether oxygens (including phenoxy) is 1. The van der Waals surface area contributed by atoms with Gasteiger partial charge in [0.05, 0.1) is 0 Å². The third kappa shape index (κ3) is 5.65. The van der Waals surface area contributed by atoms with E-state index in [4.69, 9.17) is 9.57 Å². The molecule has 0 heterocycles. The number of carbonyl (C=O) groups is 1. The van der Waals surface area contributed by atoms with Crippen LogP contribution in [0, 0.1) is 0 Å². The van der Waals surface area contributed by atoms with Crippen molar-refractivity contribution in [2.45, 2.75) is 32.5 Å². The molecule has 1 atom stereocenters. The lowest BCUT2D eigenvalue weighted by Crippen LogP contribution is -2.33. The van der Waals surface area contributed by atoms with Crippen molar-refractivity contribution < 1.29 is 19.5 Å². The van der Waals surface area contributed by atoms with Gasteiger partial charge in [-0.1, -0.05) is 30.3 Å². The van der Waals surface area contributed by atoms with E-state index >= 15 is 0 Å². The van der Waals surface area contributed by atoms with Gasteiger partial charge in [0.25, 0.3) is 0 Å². The predicted molar refractivity (Wildman–Crippen MR) is 66.7 cm³/mol. The van der Waals surface area contributed by atoms with Gasteiger partial charge < -0.3 is 9.84 Å². The van der Waals surface area contributed by atoms with Crippen LogP contribution in [0.3, 0.4) is 0 Å². The standard InChI is InChI=1S/C13H19NO4/c1-13(2,3)18-12(16)14-17-9-11(15)10-7-5-4-6-8-10/h4-8,11,15H,9H2,1-3H3,(H,14,16). The second-order valence-corrected chi connectivity index (χ2v) is 4.84. The number of rotatable bonds is 4. The summed E-state index contributed by atoms with van der Waals surface area (Å²) in [6, 6.07) is 9.05. The lowest BCUT2D eigenvalue weighted by molar-refractivity contribution is -0.0364. The second kappa shape index (κ2) is 6.37. The maximum absolute atomic E-state index is 11.2. The van der Waals surface area contributed by atoms with Crippen molar-refractivity contribution in [3.8, 4) is 0 Å². The van der Waals surface area contributed by atoms with Crippen molar-refractivity contribution in [3.05, 3.63) is 35.9 Å². The first-order valence-corrected chi connectivity index (χ1v) is 5.72. The van der Waals surface area contributed by atoms with E-state index in [0.717, 1.165) is 5.56 Å². The van der Waals surface area contributed by atoms with Crippen LogP contribution in [0.5, 0.6) is 0 Å². The highest BCUT2D eigenvalue weighted by Crippen LogP contribution is 2.11. The van der Waals surface area contributed by atoms with Crippen molar-refractivity contribution in [2.24, 2.45) is 0 Å². The summed E-state index contributed by atoms with van der Waals surface area (Å²) < 4.78 is 4.97. The highest BCUT2D eigenvalue weighted by atomic mass is 16.7. The maximum atomic E-state index is 11.2. The van der Waals surface area contributed by atoms with Crippen LogP contribution in [0.25, 0.3) is 0 Å². The number of hydrogen-bond donors (Lipinski definition) is 2. The molecule has 0 saturated carbocycles. The fourth-order valence-electron chi connectivity index (χ4n) is 1.25. The van der Waals surface area contributed by atoms with Crippen molar-refractivity contribution in [1.29, 1.82) is 0 Å². The molecule has 1 unspecified atom stereocenters. The fourth-order valence-corrected chi connectivity index (χ4v) is 1.25. The summed E-state index contributed by atoms with van der Waals surface area (Å²) >= 11 is 0. The Bertz CT molecular complexity index is 372. The average molecular weight is 253 g/mol. The van der Waals surface area contributed by atoms with Crippen molar-refractivity contribution in [3.63, 3.8) is 0 Å². The molecule has 0 aliphatic rings. The lowest BCUT2D eigenvalue weighted by Gasteiger charge is -2.19. The molecule has 0 radical (unpaired) electrons. The fraction of sp³-hybridized carbons (Fsp3) is 0.462. The van der Waals surface area contributed by atoms with Crippen LogP contribution in [0.2, 0.25) is 0 Å². The van der Waals surface area contributed by atoms with Gasteiger partial charge in [0.2, 0.25) is 0 Å². The first-order valence-electron chi connectivity index (χ1n) is 5.72. The molecule has 0 aliphatic carbocycles. The first kappa shape index (κ1) is 14.5. The molecule has 100 valence electrons. The lowest BCUT2D eigenvalue weighted by atomic mass is 10.1. The van der Waals surface area contributed by atoms with Crippen LogP contribution in [-0.2, 0) is 9.57 Å². The largest absolute Gasteiger partial charge is 0.442 e. The van der Waals surface area contributed by atoms with Crippen LogP contribution in [0.1, 0.15) is 32.4 Å². The Morgan fingerprint density at radius 2 is 1.94 bits per heavy atom. The van der Waals surface area contributed by atoms with E-state index in [1.165, 1.54) is 0 Å². The van der Waals surface area contributed by atoms with E-state index < -0.39 is 17.8 Å². The highest BCUT2D eigenvalue weighted by Gasteiger charge is 2.16. The number of amides is 1. The zero-order chi connectivity index (χ0) is 13.6. The predicted octanol–water partition coefficient (Wildman–Crippen LogP) is 2.18. The molecular weight excluding hydrogens is 234 g/mol. The maximum Gasteiger partial charge on any atom is 0.431 e. The van der Waals surface area contributed by atoms with E-state index in [1.807, 2.05) is 18.2 Å². The molecule has 1 rings (SSSR count). The summed E-state index contributed by atoms with van der Waals surface area (Å²) in [4.78, 5) is 16.1. The molecule has 5 heteroatoms. The molecule has 0 saturated heterocycles. The topological polar surface area (TPSA) is 67.8 Å². The molecular formula is C13H19NO4. The first-order chi connectivity index (χ1) is 8.38. The summed E-state index contributed by atoms with van der Waals surface area (Å²) in [6.45, 7) is 5.23. The van der Waals surface area contributed by atoms with Crippen LogP contribution in [0.15, 0.2) is 30.3 Å². The third-order valence-corrected chi connectivity index (χ3v) is 1.98. The molecule has 1 aromatic rings. The zero-order valence-electron chi connectivity index (χ0n) is 10.8. The number of nitrogens with one attached hydrogen (secondary N) is 1. The Hall–Kier alpha value is -1.59. The Labute approximate surface area is 107 Å². The Balaban J connectivity index is 2.28. The van der Waals surface area contributed by atoms with Crippen LogP contribution in [-0.4, -0.2) is 23.4 Å². The number of hydroxylamine groups is 1. The summed E-state index contributed by atoms with van der Waals surface area (Å²) in [6.07, 6.45) is -1.47. The van der Waals surface area contributed by atoms with Gasteiger partial charge in [0.1, 0.15) is 18.3 Å². The molecule has 0 fully saturated rings. The molecule has 5 nitrogen and oxygen atoms in total. The molecule has 1 amide bonds. The Kier molecular flexibility index (Phi) is 5.12. The van der Waals surface area contributed by atoms with Gasteiger partial charge in [-0.25, -0.2) is 4.79 Å². The molecule has 0 bridgehead atoms. The van der Waals surface area contributed by atoms with Crippen molar-refractivity contribution in [2.75, 3.05) is 6.61 Å². The molecule has 1 aromatic carbocycles. The van der Waals surface area contributed by atoms with Gasteiger partial charge in [0.15, 0.2) is 0 Å². The van der Waals surface area contributed by atoms with Crippen molar-refractivity contribution in [1.82, 2.24) is 5.48 Å². The number of aliphatic hydroxyl groups is 1. The number of carbonyl (C=O) groups excluding carboxylic acids is 1. The minimum atomic E-state index is -0.791. The molecule has 2 N–H and O–H groups in total. The molecule has 0 spiro atoms. The molecule has 0 aromatic heterocycles. The number of hydrogen-bond acceptors (Lipinski definition) is 4. The van der Waals surface area contributed by atoms with Crippen molar-refractivity contribution >= 4 is 6.09 Å². The van der Waals surface area contributed by atoms with Crippen LogP contribution < -0.4 is 5.48 Å². The molecule has 0 aliphatic heterocycles. The third-order valence-electron chi connectivity index (χ3n) is 1.98.